The number of aromatic nitrogens is 3. The predicted octanol–water partition coefficient (Wildman–Crippen LogP) is 2.36. The smallest absolute Gasteiger partial charge is 0.259 e. The Balaban J connectivity index is 1.56. The molecule has 5 rings (SSSR count). The zero-order chi connectivity index (χ0) is 32.7. The number of carbonyl (C=O) groups is 2. The Bertz CT molecular complexity index is 1550. The van der Waals surface area contributed by atoms with Gasteiger partial charge in [0.2, 0.25) is 5.91 Å². The number of hydrogen-bond acceptors (Lipinski definition) is 9. The summed E-state index contributed by atoms with van der Waals surface area (Å²) in [5, 5.41) is 40.6. The number of aliphatic hydroxyl groups is 3. The lowest BCUT2D eigenvalue weighted by molar-refractivity contribution is -0.211. The van der Waals surface area contributed by atoms with E-state index in [4.69, 9.17) is 9.47 Å². The second-order valence-corrected chi connectivity index (χ2v) is 12.8. The molecule has 0 radical (unpaired) electrons. The second kappa shape index (κ2) is 13.5. The van der Waals surface area contributed by atoms with Crippen molar-refractivity contribution in [1.82, 2.24) is 19.9 Å². The molecular formula is C29H31Br2F2N5O7. The third kappa shape index (κ3) is 6.54. The first-order valence-corrected chi connectivity index (χ1v) is 15.5. The van der Waals surface area contributed by atoms with Gasteiger partial charge in [-0.15, -0.1) is 5.10 Å². The highest BCUT2D eigenvalue weighted by molar-refractivity contribution is 9.11. The SMILES string of the molecule is CO[C@@H]1[C@@H](n2cc(-c3cc(F)c(C)c(F)c3)nn2)[C@@H](O)[C@@H](CO)O[C@H]1C(=O)N(c1cc(Br)cc(Br)c1)[C@H]1CN(C(C)=O)C[C@@H]1O. The van der Waals surface area contributed by atoms with Gasteiger partial charge in [0, 0.05) is 52.9 Å². The molecule has 0 aliphatic carbocycles. The highest BCUT2D eigenvalue weighted by atomic mass is 79.9. The Morgan fingerprint density at radius 1 is 1.11 bits per heavy atom. The first kappa shape index (κ1) is 33.5. The number of β-amino-alcohol motifs (C(OH)–C–C–N with tert-alkyl or cyclic N) is 1. The number of benzene rings is 2. The molecule has 2 aliphatic rings. The summed E-state index contributed by atoms with van der Waals surface area (Å²) < 4.78 is 42.8. The Hall–Kier alpha value is -2.86. The number of carbonyl (C=O) groups excluding carboxylic acids is 2. The van der Waals surface area contributed by atoms with Crippen LogP contribution in [0.5, 0.6) is 0 Å². The number of methoxy groups -OCH3 is 1. The van der Waals surface area contributed by atoms with Crippen LogP contribution in [0.4, 0.5) is 14.5 Å². The molecule has 242 valence electrons. The maximum Gasteiger partial charge on any atom is 0.259 e. The van der Waals surface area contributed by atoms with Crippen LogP contribution in [-0.2, 0) is 19.1 Å². The van der Waals surface area contributed by atoms with Crippen LogP contribution in [-0.4, -0.2) is 110 Å². The number of anilines is 1. The summed E-state index contributed by atoms with van der Waals surface area (Å²) in [6, 6.07) is 5.26. The van der Waals surface area contributed by atoms with E-state index in [2.05, 4.69) is 42.2 Å². The van der Waals surface area contributed by atoms with E-state index in [1.54, 1.807) is 18.2 Å². The molecule has 3 N–H and O–H groups in total. The first-order chi connectivity index (χ1) is 21.3. The normalized spacial score (nSPS) is 26.7. The number of aliphatic hydroxyl groups excluding tert-OH is 3. The second-order valence-electron chi connectivity index (χ2n) is 11.0. The van der Waals surface area contributed by atoms with Gasteiger partial charge < -0.3 is 34.6 Å². The third-order valence-corrected chi connectivity index (χ3v) is 9.09. The molecule has 16 heteroatoms. The minimum atomic E-state index is -1.46. The lowest BCUT2D eigenvalue weighted by atomic mass is 9.91. The van der Waals surface area contributed by atoms with Crippen LogP contribution in [0.25, 0.3) is 11.3 Å². The van der Waals surface area contributed by atoms with Gasteiger partial charge in [-0.05, 0) is 37.3 Å². The fourth-order valence-corrected chi connectivity index (χ4v) is 7.05. The van der Waals surface area contributed by atoms with Crippen molar-refractivity contribution in [2.45, 2.75) is 56.5 Å². The fraction of sp³-hybridized carbons (Fsp3) is 0.448. The lowest BCUT2D eigenvalue weighted by Crippen LogP contribution is -2.63. The topological polar surface area (TPSA) is 150 Å². The van der Waals surface area contributed by atoms with Gasteiger partial charge in [0.25, 0.3) is 5.91 Å². The summed E-state index contributed by atoms with van der Waals surface area (Å²) >= 11 is 6.86. The van der Waals surface area contributed by atoms with Crippen LogP contribution < -0.4 is 4.90 Å². The molecule has 7 atom stereocenters. The number of hydrogen-bond donors (Lipinski definition) is 3. The molecule has 1 aromatic heterocycles. The van der Waals surface area contributed by atoms with Gasteiger partial charge in [-0.3, -0.25) is 9.59 Å². The molecule has 2 saturated heterocycles. The molecule has 0 bridgehead atoms. The van der Waals surface area contributed by atoms with Crippen LogP contribution in [0, 0.1) is 18.6 Å². The first-order valence-electron chi connectivity index (χ1n) is 13.9. The number of amides is 2. The average molecular weight is 759 g/mol. The Labute approximate surface area is 273 Å². The van der Waals surface area contributed by atoms with Gasteiger partial charge in [-0.1, -0.05) is 37.1 Å². The number of halogens is 4. The standard InChI is InChI=1S/C29H31Br2F2N5O7/c1-13-19(32)4-15(5-20(13)33)21-9-37(35-34-21)25-26(42)24(12-39)45-28(27(25)44-3)29(43)38(18-7-16(30)6-17(31)8-18)22-10-36(14(2)40)11-23(22)41/h4-9,22-28,39,41-42H,10-12H2,1-3H3/t22-,23-,24+,25-,26-,27+,28+/m0/s1. The number of nitrogens with zero attached hydrogens (tertiary/aromatic N) is 5. The quantitative estimate of drug-likeness (QED) is 0.330. The van der Waals surface area contributed by atoms with Gasteiger partial charge in [-0.25, -0.2) is 13.5 Å². The molecule has 3 aromatic rings. The van der Waals surface area contributed by atoms with E-state index in [0.717, 1.165) is 12.1 Å². The lowest BCUT2D eigenvalue weighted by Gasteiger charge is -2.45. The van der Waals surface area contributed by atoms with E-state index in [-0.39, 0.29) is 35.8 Å². The Kier molecular flexibility index (Phi) is 10.0. The van der Waals surface area contributed by atoms with E-state index in [9.17, 15) is 33.7 Å². The molecule has 0 spiro atoms. The number of ether oxygens (including phenoxy) is 2. The molecule has 2 aliphatic heterocycles. The molecule has 2 fully saturated rings. The summed E-state index contributed by atoms with van der Waals surface area (Å²) in [4.78, 5) is 29.5. The molecule has 12 nitrogen and oxygen atoms in total. The van der Waals surface area contributed by atoms with Crippen molar-refractivity contribution in [3.8, 4) is 11.3 Å². The average Bonchev–Trinajstić information content (AvgIpc) is 3.62. The van der Waals surface area contributed by atoms with Crippen molar-refractivity contribution >= 4 is 49.4 Å². The van der Waals surface area contributed by atoms with Crippen molar-refractivity contribution in [1.29, 1.82) is 0 Å². The van der Waals surface area contributed by atoms with Crippen LogP contribution in [0.2, 0.25) is 0 Å². The monoisotopic (exact) mass is 757 g/mol. The van der Waals surface area contributed by atoms with Crippen molar-refractivity contribution in [2.24, 2.45) is 0 Å². The van der Waals surface area contributed by atoms with Crippen molar-refractivity contribution in [3.05, 3.63) is 62.7 Å². The summed E-state index contributed by atoms with van der Waals surface area (Å²) in [5.41, 5.74) is 0.395. The van der Waals surface area contributed by atoms with Gasteiger partial charge in [0.05, 0.1) is 24.9 Å². The molecule has 0 saturated carbocycles. The van der Waals surface area contributed by atoms with E-state index >= 15 is 0 Å². The van der Waals surface area contributed by atoms with Crippen LogP contribution >= 0.6 is 31.9 Å². The summed E-state index contributed by atoms with van der Waals surface area (Å²) in [7, 11) is 1.30. The molecule has 0 unspecified atom stereocenters. The maximum absolute atomic E-state index is 14.6. The Morgan fingerprint density at radius 2 is 1.76 bits per heavy atom. The minimum absolute atomic E-state index is 0.000714. The molecule has 2 amide bonds. The molecular weight excluding hydrogens is 728 g/mol. The predicted molar refractivity (Wildman–Crippen MR) is 163 cm³/mol. The van der Waals surface area contributed by atoms with Crippen molar-refractivity contribution in [2.75, 3.05) is 31.7 Å². The largest absolute Gasteiger partial charge is 0.394 e. The highest BCUT2D eigenvalue weighted by Crippen LogP contribution is 2.37. The maximum atomic E-state index is 14.6. The van der Waals surface area contributed by atoms with Crippen LogP contribution in [0.15, 0.2) is 45.5 Å². The van der Waals surface area contributed by atoms with Gasteiger partial charge in [0.15, 0.2) is 6.10 Å². The van der Waals surface area contributed by atoms with Crippen molar-refractivity contribution in [3.63, 3.8) is 0 Å². The minimum Gasteiger partial charge on any atom is -0.394 e. The summed E-state index contributed by atoms with van der Waals surface area (Å²) in [6.07, 6.45) is -5.18. The number of rotatable bonds is 7. The summed E-state index contributed by atoms with van der Waals surface area (Å²) in [6.45, 7) is 2.02. The van der Waals surface area contributed by atoms with E-state index < -0.39 is 66.8 Å². The Morgan fingerprint density at radius 3 is 2.31 bits per heavy atom. The molecule has 3 heterocycles. The van der Waals surface area contributed by atoms with Crippen molar-refractivity contribution < 1.29 is 43.2 Å². The van der Waals surface area contributed by atoms with E-state index in [1.165, 1.54) is 41.6 Å². The van der Waals surface area contributed by atoms with Gasteiger partial charge in [-0.2, -0.15) is 0 Å². The fourth-order valence-electron chi connectivity index (χ4n) is 5.79. The van der Waals surface area contributed by atoms with Gasteiger partial charge in [0.1, 0.15) is 41.7 Å². The van der Waals surface area contributed by atoms with E-state index in [0.29, 0.717) is 14.6 Å². The molecule has 45 heavy (non-hydrogen) atoms. The van der Waals surface area contributed by atoms with E-state index in [1.807, 2.05) is 0 Å². The summed E-state index contributed by atoms with van der Waals surface area (Å²) in [5.74, 6) is -2.51. The zero-order valence-electron chi connectivity index (χ0n) is 24.3. The third-order valence-electron chi connectivity index (χ3n) is 8.17. The highest BCUT2D eigenvalue weighted by Gasteiger charge is 2.52. The number of likely N-dealkylation sites (tertiary alicyclic amines) is 1. The van der Waals surface area contributed by atoms with Crippen LogP contribution in [0.1, 0.15) is 18.5 Å². The molecule has 2 aromatic carbocycles. The zero-order valence-corrected chi connectivity index (χ0v) is 27.5. The van der Waals surface area contributed by atoms with Gasteiger partial charge >= 0.3 is 0 Å². The van der Waals surface area contributed by atoms with Crippen LogP contribution in [0.3, 0.4) is 0 Å².